The van der Waals surface area contributed by atoms with Crippen molar-refractivity contribution in [3.63, 3.8) is 0 Å². The number of nitro benzene ring substituents is 3. The van der Waals surface area contributed by atoms with Crippen LogP contribution < -0.4 is 5.43 Å². The topological polar surface area (TPSA) is 191 Å². The Balaban J connectivity index is 2.24. The third-order valence-electron chi connectivity index (χ3n) is 3.18. The lowest BCUT2D eigenvalue weighted by Gasteiger charge is -2.02. The number of hydrogen-bond donors (Lipinski definition) is 2. The highest BCUT2D eigenvalue weighted by atomic mass is 16.6. The lowest BCUT2D eigenvalue weighted by molar-refractivity contribution is -0.394. The predicted octanol–water partition coefficient (Wildman–Crippen LogP) is 1.88. The number of hydrazone groups is 1. The number of amides is 1. The molecular formula is C14H9N5O8. The van der Waals surface area contributed by atoms with E-state index in [2.05, 4.69) is 5.10 Å². The van der Waals surface area contributed by atoms with Crippen LogP contribution in [0.25, 0.3) is 0 Å². The highest BCUT2D eigenvalue weighted by Crippen LogP contribution is 2.23. The van der Waals surface area contributed by atoms with Gasteiger partial charge in [0, 0.05) is 29.8 Å². The molecule has 2 N–H and O–H groups in total. The minimum atomic E-state index is -0.997. The fourth-order valence-electron chi connectivity index (χ4n) is 1.92. The molecule has 2 aromatic rings. The number of nitrogens with zero attached hydrogens (tertiary/aromatic N) is 4. The predicted molar refractivity (Wildman–Crippen MR) is 89.6 cm³/mol. The lowest BCUT2D eigenvalue weighted by Crippen LogP contribution is -2.18. The number of nitrogens with one attached hydrogen (secondary N) is 1. The third-order valence-corrected chi connectivity index (χ3v) is 3.18. The van der Waals surface area contributed by atoms with Gasteiger partial charge in [-0.1, -0.05) is 0 Å². The second kappa shape index (κ2) is 7.64. The highest BCUT2D eigenvalue weighted by molar-refractivity contribution is 5.96. The number of non-ortho nitro benzene ring substituents is 3. The Kier molecular flexibility index (Phi) is 5.35. The number of aromatic hydroxyl groups is 1. The van der Waals surface area contributed by atoms with Gasteiger partial charge in [-0.2, -0.15) is 5.10 Å². The molecule has 0 aromatic heterocycles. The summed E-state index contributed by atoms with van der Waals surface area (Å²) in [6.07, 6.45) is 0.909. The van der Waals surface area contributed by atoms with Crippen LogP contribution in [0.5, 0.6) is 5.75 Å². The molecule has 0 saturated heterocycles. The maximum Gasteiger partial charge on any atom is 0.277 e. The average Bonchev–Trinajstić information content (AvgIpc) is 2.62. The summed E-state index contributed by atoms with van der Waals surface area (Å²) in [5.74, 6) is -1.34. The van der Waals surface area contributed by atoms with Gasteiger partial charge in [-0.15, -0.1) is 0 Å². The Hall–Kier alpha value is -4.42. The van der Waals surface area contributed by atoms with E-state index >= 15 is 0 Å². The van der Waals surface area contributed by atoms with E-state index in [1.54, 1.807) is 0 Å². The van der Waals surface area contributed by atoms with Crippen LogP contribution in [0.4, 0.5) is 17.1 Å². The van der Waals surface area contributed by atoms with Crippen molar-refractivity contribution in [3.05, 3.63) is 77.9 Å². The number of rotatable bonds is 6. The van der Waals surface area contributed by atoms with Crippen molar-refractivity contribution >= 4 is 29.2 Å². The monoisotopic (exact) mass is 375 g/mol. The van der Waals surface area contributed by atoms with E-state index in [-0.39, 0.29) is 17.0 Å². The summed E-state index contributed by atoms with van der Waals surface area (Å²) < 4.78 is 0. The molecule has 138 valence electrons. The Morgan fingerprint density at radius 2 is 1.48 bits per heavy atom. The summed E-state index contributed by atoms with van der Waals surface area (Å²) in [7, 11) is 0. The number of benzene rings is 2. The summed E-state index contributed by atoms with van der Waals surface area (Å²) >= 11 is 0. The zero-order chi connectivity index (χ0) is 20.1. The zero-order valence-electron chi connectivity index (χ0n) is 13.1. The molecule has 0 heterocycles. The average molecular weight is 375 g/mol. The van der Waals surface area contributed by atoms with E-state index < -0.39 is 37.6 Å². The first-order chi connectivity index (χ1) is 12.7. The van der Waals surface area contributed by atoms with Crippen LogP contribution >= 0.6 is 0 Å². The van der Waals surface area contributed by atoms with Crippen LogP contribution in [0.1, 0.15) is 15.9 Å². The van der Waals surface area contributed by atoms with Crippen molar-refractivity contribution in [2.24, 2.45) is 5.10 Å². The molecule has 1 amide bonds. The van der Waals surface area contributed by atoms with Gasteiger partial charge in [-0.05, 0) is 6.07 Å². The molecule has 0 spiro atoms. The Bertz CT molecular complexity index is 955. The SMILES string of the molecule is O=C(N/N=C\c1cc([N+](=O)[O-])ccc1O)c1cc([N+](=O)[O-])cc([N+](=O)[O-])c1. The molecule has 0 bridgehead atoms. The fraction of sp³-hybridized carbons (Fsp3) is 0. The summed E-state index contributed by atoms with van der Waals surface area (Å²) in [6.45, 7) is 0. The minimum absolute atomic E-state index is 0.0745. The number of hydrogen-bond acceptors (Lipinski definition) is 9. The van der Waals surface area contributed by atoms with Gasteiger partial charge in [0.2, 0.25) is 0 Å². The number of phenols is 1. The van der Waals surface area contributed by atoms with Gasteiger partial charge in [0.15, 0.2) is 0 Å². The largest absolute Gasteiger partial charge is 0.507 e. The van der Waals surface area contributed by atoms with E-state index in [1.165, 1.54) is 0 Å². The van der Waals surface area contributed by atoms with Gasteiger partial charge < -0.3 is 5.11 Å². The highest BCUT2D eigenvalue weighted by Gasteiger charge is 2.19. The summed E-state index contributed by atoms with van der Waals surface area (Å²) in [5.41, 5.74) is -0.146. The molecule has 13 heteroatoms. The number of carbonyl (C=O) groups is 1. The first-order valence-corrected chi connectivity index (χ1v) is 6.93. The van der Waals surface area contributed by atoms with Crippen molar-refractivity contribution < 1.29 is 24.7 Å². The molecule has 0 aliphatic carbocycles. The molecule has 0 radical (unpaired) electrons. The number of nitro groups is 3. The van der Waals surface area contributed by atoms with Crippen LogP contribution in [-0.4, -0.2) is 32.0 Å². The first-order valence-electron chi connectivity index (χ1n) is 6.93. The van der Waals surface area contributed by atoms with Crippen LogP contribution in [0.3, 0.4) is 0 Å². The fourth-order valence-corrected chi connectivity index (χ4v) is 1.92. The molecule has 0 atom stereocenters. The summed E-state index contributed by atoms with van der Waals surface area (Å²) in [5, 5.41) is 45.4. The quantitative estimate of drug-likeness (QED) is 0.434. The van der Waals surface area contributed by atoms with Gasteiger partial charge in [0.25, 0.3) is 23.0 Å². The van der Waals surface area contributed by atoms with E-state index in [4.69, 9.17) is 0 Å². The van der Waals surface area contributed by atoms with Crippen LogP contribution in [0.15, 0.2) is 41.5 Å². The normalized spacial score (nSPS) is 10.5. The third kappa shape index (κ3) is 4.56. The van der Waals surface area contributed by atoms with Crippen molar-refractivity contribution in [1.29, 1.82) is 0 Å². The number of phenolic OH excluding ortho intramolecular Hbond substituents is 1. The van der Waals surface area contributed by atoms with E-state index in [9.17, 15) is 40.2 Å². The maximum absolute atomic E-state index is 12.0. The van der Waals surface area contributed by atoms with E-state index in [1.807, 2.05) is 5.43 Å². The molecule has 27 heavy (non-hydrogen) atoms. The van der Waals surface area contributed by atoms with Gasteiger partial charge in [0.05, 0.1) is 32.6 Å². The minimum Gasteiger partial charge on any atom is -0.507 e. The Labute approximate surface area is 149 Å². The summed E-state index contributed by atoms with van der Waals surface area (Å²) in [6, 6.07) is 5.47. The summed E-state index contributed by atoms with van der Waals surface area (Å²) in [4.78, 5) is 41.8. The second-order valence-electron chi connectivity index (χ2n) is 4.95. The number of carbonyl (C=O) groups excluding carboxylic acids is 1. The molecule has 0 aliphatic heterocycles. The molecule has 0 aliphatic rings. The van der Waals surface area contributed by atoms with Crippen molar-refractivity contribution in [2.75, 3.05) is 0 Å². The smallest absolute Gasteiger partial charge is 0.277 e. The Morgan fingerprint density at radius 1 is 0.926 bits per heavy atom. The van der Waals surface area contributed by atoms with Crippen LogP contribution in [0.2, 0.25) is 0 Å². The standard InChI is InChI=1S/C14H9N5O8/c20-13-2-1-10(17(22)23)5-9(13)7-15-16-14(21)8-3-11(18(24)25)6-12(4-8)19(26)27/h1-7,20H,(H,16,21)/b15-7-. The van der Waals surface area contributed by atoms with Crippen LogP contribution in [-0.2, 0) is 0 Å². The lowest BCUT2D eigenvalue weighted by atomic mass is 10.1. The second-order valence-corrected chi connectivity index (χ2v) is 4.95. The maximum atomic E-state index is 12.0. The Morgan fingerprint density at radius 3 is 2.00 bits per heavy atom. The van der Waals surface area contributed by atoms with Crippen molar-refractivity contribution in [2.45, 2.75) is 0 Å². The van der Waals surface area contributed by atoms with Gasteiger partial charge >= 0.3 is 0 Å². The molecule has 2 aromatic carbocycles. The molecule has 0 saturated carbocycles. The van der Waals surface area contributed by atoms with Gasteiger partial charge in [0.1, 0.15) is 5.75 Å². The molecule has 13 nitrogen and oxygen atoms in total. The van der Waals surface area contributed by atoms with Gasteiger partial charge in [-0.25, -0.2) is 5.43 Å². The molecule has 0 unspecified atom stereocenters. The van der Waals surface area contributed by atoms with Crippen molar-refractivity contribution in [1.82, 2.24) is 5.43 Å². The van der Waals surface area contributed by atoms with E-state index in [0.717, 1.165) is 36.5 Å². The molecule has 0 fully saturated rings. The van der Waals surface area contributed by atoms with Crippen LogP contribution in [0, 0.1) is 30.3 Å². The molecule has 2 rings (SSSR count). The van der Waals surface area contributed by atoms with Crippen molar-refractivity contribution in [3.8, 4) is 5.75 Å². The zero-order valence-corrected chi connectivity index (χ0v) is 13.1. The van der Waals surface area contributed by atoms with Gasteiger partial charge in [-0.3, -0.25) is 35.1 Å². The van der Waals surface area contributed by atoms with E-state index in [0.29, 0.717) is 6.07 Å². The first kappa shape index (κ1) is 18.9. The molecular weight excluding hydrogens is 366 g/mol.